The van der Waals surface area contributed by atoms with E-state index in [1.165, 1.54) is 31.4 Å². The maximum atomic E-state index is 7.41. The molecule has 0 saturated heterocycles. The van der Waals surface area contributed by atoms with Gasteiger partial charge in [0.15, 0.2) is 0 Å². The first-order chi connectivity index (χ1) is 8.65. The molecule has 0 aromatic heterocycles. The molecule has 2 fully saturated rings. The van der Waals surface area contributed by atoms with E-state index in [1.807, 2.05) is 12.1 Å². The summed E-state index contributed by atoms with van der Waals surface area (Å²) in [6, 6.07) is 8.78. The van der Waals surface area contributed by atoms with Crippen LogP contribution >= 0.6 is 0 Å². The highest BCUT2D eigenvalue weighted by Crippen LogP contribution is 2.47. The molecule has 18 heavy (non-hydrogen) atoms. The summed E-state index contributed by atoms with van der Waals surface area (Å²) in [5.74, 6) is 2.01. The number of nitrogen functional groups attached to an aromatic ring is 1. The summed E-state index contributed by atoms with van der Waals surface area (Å²) < 4.78 is 0. The van der Waals surface area contributed by atoms with Crippen LogP contribution in [0.1, 0.15) is 31.2 Å². The van der Waals surface area contributed by atoms with Gasteiger partial charge in [-0.25, -0.2) is 0 Å². The SMILES string of the molecule is CN(c1ccc(C(=N)N)cc1)C1CC2CCC1C2. The second kappa shape index (κ2) is 4.30. The van der Waals surface area contributed by atoms with Gasteiger partial charge < -0.3 is 10.6 Å². The monoisotopic (exact) mass is 243 g/mol. The molecule has 3 rings (SSSR count). The number of rotatable bonds is 3. The molecule has 2 saturated carbocycles. The Kier molecular flexibility index (Phi) is 2.77. The quantitative estimate of drug-likeness (QED) is 0.633. The van der Waals surface area contributed by atoms with Crippen LogP contribution in [-0.4, -0.2) is 18.9 Å². The van der Waals surface area contributed by atoms with Crippen LogP contribution in [0, 0.1) is 17.2 Å². The molecule has 0 radical (unpaired) electrons. The maximum absolute atomic E-state index is 7.41. The molecule has 1 aromatic rings. The summed E-state index contributed by atoms with van der Waals surface area (Å²) in [7, 11) is 2.20. The first-order valence-electron chi connectivity index (χ1n) is 6.82. The molecule has 2 aliphatic rings. The molecule has 2 bridgehead atoms. The molecule has 0 heterocycles. The molecular formula is C15H21N3. The largest absolute Gasteiger partial charge is 0.384 e. The first kappa shape index (κ1) is 11.6. The van der Waals surface area contributed by atoms with Gasteiger partial charge in [-0.05, 0) is 55.4 Å². The predicted molar refractivity (Wildman–Crippen MR) is 75.1 cm³/mol. The lowest BCUT2D eigenvalue weighted by Crippen LogP contribution is -2.35. The molecule has 96 valence electrons. The van der Waals surface area contributed by atoms with E-state index in [0.29, 0.717) is 6.04 Å². The van der Waals surface area contributed by atoms with E-state index in [9.17, 15) is 0 Å². The Morgan fingerprint density at radius 2 is 1.94 bits per heavy atom. The average molecular weight is 243 g/mol. The third-order valence-corrected chi connectivity index (χ3v) is 4.78. The van der Waals surface area contributed by atoms with Crippen molar-refractivity contribution >= 4 is 11.5 Å². The maximum Gasteiger partial charge on any atom is 0.122 e. The number of hydrogen-bond donors (Lipinski definition) is 2. The zero-order valence-corrected chi connectivity index (χ0v) is 10.9. The van der Waals surface area contributed by atoms with Crippen LogP contribution in [0.15, 0.2) is 24.3 Å². The fourth-order valence-electron chi connectivity index (χ4n) is 3.75. The van der Waals surface area contributed by atoms with Crippen LogP contribution < -0.4 is 10.6 Å². The molecule has 2 aliphatic carbocycles. The summed E-state index contributed by atoms with van der Waals surface area (Å²) >= 11 is 0. The molecule has 3 atom stereocenters. The van der Waals surface area contributed by atoms with Crippen LogP contribution in [0.3, 0.4) is 0 Å². The third kappa shape index (κ3) is 1.88. The van der Waals surface area contributed by atoms with Gasteiger partial charge in [-0.15, -0.1) is 0 Å². The van der Waals surface area contributed by atoms with Crippen molar-refractivity contribution in [3.05, 3.63) is 29.8 Å². The van der Waals surface area contributed by atoms with Crippen molar-refractivity contribution in [1.29, 1.82) is 5.41 Å². The number of nitrogens with one attached hydrogen (secondary N) is 1. The minimum absolute atomic E-state index is 0.143. The van der Waals surface area contributed by atoms with Gasteiger partial charge in [0.1, 0.15) is 5.84 Å². The Morgan fingerprint density at radius 1 is 1.22 bits per heavy atom. The third-order valence-electron chi connectivity index (χ3n) is 4.78. The van der Waals surface area contributed by atoms with E-state index >= 15 is 0 Å². The molecule has 0 spiro atoms. The van der Waals surface area contributed by atoms with Crippen LogP contribution in [0.4, 0.5) is 5.69 Å². The van der Waals surface area contributed by atoms with Crippen molar-refractivity contribution in [3.8, 4) is 0 Å². The summed E-state index contributed by atoms with van der Waals surface area (Å²) in [6.45, 7) is 0. The molecular weight excluding hydrogens is 222 g/mol. The first-order valence-corrected chi connectivity index (χ1v) is 6.82. The van der Waals surface area contributed by atoms with Crippen molar-refractivity contribution < 1.29 is 0 Å². The normalized spacial score (nSPS) is 29.5. The predicted octanol–water partition coefficient (Wildman–Crippen LogP) is 2.60. The number of benzene rings is 1. The van der Waals surface area contributed by atoms with E-state index in [4.69, 9.17) is 11.1 Å². The summed E-state index contributed by atoms with van der Waals surface area (Å²) in [5.41, 5.74) is 7.53. The molecule has 1 aromatic carbocycles. The fourth-order valence-corrected chi connectivity index (χ4v) is 3.75. The minimum atomic E-state index is 0.143. The highest BCUT2D eigenvalue weighted by Gasteiger charge is 2.41. The zero-order valence-electron chi connectivity index (χ0n) is 10.9. The van der Waals surface area contributed by atoms with E-state index in [2.05, 4.69) is 24.1 Å². The number of hydrogen-bond acceptors (Lipinski definition) is 2. The Bertz CT molecular complexity index is 451. The molecule has 3 heteroatoms. The Morgan fingerprint density at radius 3 is 2.44 bits per heavy atom. The van der Waals surface area contributed by atoms with Gasteiger partial charge in [-0.1, -0.05) is 6.42 Å². The number of amidine groups is 1. The van der Waals surface area contributed by atoms with Gasteiger partial charge in [-0.3, -0.25) is 5.41 Å². The van der Waals surface area contributed by atoms with Crippen molar-refractivity contribution in [3.63, 3.8) is 0 Å². The summed E-state index contributed by atoms with van der Waals surface area (Å²) in [4.78, 5) is 2.42. The van der Waals surface area contributed by atoms with Crippen LogP contribution in [-0.2, 0) is 0 Å². The zero-order chi connectivity index (χ0) is 12.7. The second-order valence-corrected chi connectivity index (χ2v) is 5.81. The topological polar surface area (TPSA) is 53.1 Å². The standard InChI is InChI=1S/C15H21N3/c1-18(14-9-10-2-3-12(14)8-10)13-6-4-11(5-7-13)15(16)17/h4-7,10,12,14H,2-3,8-9H2,1H3,(H3,16,17). The highest BCUT2D eigenvalue weighted by atomic mass is 15.1. The lowest BCUT2D eigenvalue weighted by molar-refractivity contribution is 0.405. The van der Waals surface area contributed by atoms with Gasteiger partial charge in [-0.2, -0.15) is 0 Å². The number of nitrogens with zero attached hydrogens (tertiary/aromatic N) is 1. The van der Waals surface area contributed by atoms with Gasteiger partial charge in [0.2, 0.25) is 0 Å². The Labute approximate surface area is 108 Å². The molecule has 0 aliphatic heterocycles. The summed E-state index contributed by atoms with van der Waals surface area (Å²) in [6.07, 6.45) is 5.64. The van der Waals surface area contributed by atoms with Crippen molar-refractivity contribution in [2.45, 2.75) is 31.7 Å². The van der Waals surface area contributed by atoms with Crippen molar-refractivity contribution in [2.24, 2.45) is 17.6 Å². The number of anilines is 1. The number of fused-ring (bicyclic) bond motifs is 2. The van der Waals surface area contributed by atoms with E-state index < -0.39 is 0 Å². The van der Waals surface area contributed by atoms with Crippen LogP contribution in [0.5, 0.6) is 0 Å². The summed E-state index contributed by atoms with van der Waals surface area (Å²) in [5, 5.41) is 7.41. The lowest BCUT2D eigenvalue weighted by Gasteiger charge is -2.33. The van der Waals surface area contributed by atoms with Gasteiger partial charge in [0.05, 0.1) is 0 Å². The van der Waals surface area contributed by atoms with Crippen LogP contribution in [0.25, 0.3) is 0 Å². The van der Waals surface area contributed by atoms with Crippen LogP contribution in [0.2, 0.25) is 0 Å². The van der Waals surface area contributed by atoms with E-state index in [-0.39, 0.29) is 5.84 Å². The average Bonchev–Trinajstić information content (AvgIpc) is 3.00. The van der Waals surface area contributed by atoms with E-state index in [0.717, 1.165) is 17.4 Å². The molecule has 3 nitrogen and oxygen atoms in total. The lowest BCUT2D eigenvalue weighted by atomic mass is 9.94. The van der Waals surface area contributed by atoms with Gasteiger partial charge >= 0.3 is 0 Å². The molecule has 3 unspecified atom stereocenters. The van der Waals surface area contributed by atoms with Crippen molar-refractivity contribution in [2.75, 3.05) is 11.9 Å². The van der Waals surface area contributed by atoms with Gasteiger partial charge in [0, 0.05) is 24.3 Å². The molecule has 0 amide bonds. The molecule has 3 N–H and O–H groups in total. The highest BCUT2D eigenvalue weighted by molar-refractivity contribution is 5.95. The Hall–Kier alpha value is -1.51. The second-order valence-electron chi connectivity index (χ2n) is 5.81. The van der Waals surface area contributed by atoms with E-state index in [1.54, 1.807) is 0 Å². The van der Waals surface area contributed by atoms with Gasteiger partial charge in [0.25, 0.3) is 0 Å². The minimum Gasteiger partial charge on any atom is -0.384 e. The number of nitrogens with two attached hydrogens (primary N) is 1. The van der Waals surface area contributed by atoms with Crippen molar-refractivity contribution in [1.82, 2.24) is 0 Å². The smallest absolute Gasteiger partial charge is 0.122 e. The Balaban J connectivity index is 1.76. The fraction of sp³-hybridized carbons (Fsp3) is 0.533.